The second-order valence-corrected chi connectivity index (χ2v) is 1.08. The molecule has 0 amide bonds. The molecular formula is C4H11NO2. The second-order valence-electron chi connectivity index (χ2n) is 1.08. The van der Waals surface area contributed by atoms with Crippen LogP contribution in [0.15, 0.2) is 5.34 Å². The molecule has 0 atom stereocenters. The maximum atomic E-state index is 8.11. The van der Waals surface area contributed by atoms with Gasteiger partial charge in [-0.15, -0.1) is 4.91 Å². The highest BCUT2D eigenvalue weighted by molar-refractivity contribution is 4.12. The first kappa shape index (κ1) is 9.64. The zero-order valence-corrected chi connectivity index (χ0v) is 4.72. The van der Waals surface area contributed by atoms with Crippen molar-refractivity contribution in [3.8, 4) is 0 Å². The van der Waals surface area contributed by atoms with E-state index in [9.17, 15) is 0 Å². The minimum Gasteiger partial charge on any atom is -0.379 e. The standard InChI is InChI=1S/C4H10.HNO2/c1-3-4-2;2-1-3/h3-4H2,1-2H3;(H,2,3). The highest BCUT2D eigenvalue weighted by atomic mass is 16.6. The molecule has 0 bridgehead atoms. The summed E-state index contributed by atoms with van der Waals surface area (Å²) in [5, 5.41) is 7.89. The smallest absolute Gasteiger partial charge is 0.152 e. The number of rotatable bonds is 1. The van der Waals surface area contributed by atoms with Crippen molar-refractivity contribution in [3.05, 3.63) is 4.91 Å². The van der Waals surface area contributed by atoms with Crippen molar-refractivity contribution in [2.75, 3.05) is 0 Å². The molecule has 0 aliphatic carbocycles. The van der Waals surface area contributed by atoms with Gasteiger partial charge in [-0.25, -0.2) is 0 Å². The van der Waals surface area contributed by atoms with Gasteiger partial charge in [0.2, 0.25) is 0 Å². The predicted molar refractivity (Wildman–Crippen MR) is 28.2 cm³/mol. The van der Waals surface area contributed by atoms with Gasteiger partial charge in [-0.2, -0.15) is 0 Å². The molecule has 0 radical (unpaired) electrons. The molecule has 0 aromatic rings. The lowest BCUT2D eigenvalue weighted by Gasteiger charge is -1.68. The van der Waals surface area contributed by atoms with Gasteiger partial charge in [0.1, 0.15) is 0 Å². The molecule has 7 heavy (non-hydrogen) atoms. The summed E-state index contributed by atoms with van der Waals surface area (Å²) >= 11 is 0. The number of unbranched alkanes of at least 4 members (excludes halogenated alkanes) is 1. The Labute approximate surface area is 43.3 Å². The summed E-state index contributed by atoms with van der Waals surface area (Å²) < 4.78 is 0. The molecule has 0 aromatic heterocycles. The maximum absolute atomic E-state index is 8.11. The summed E-state index contributed by atoms with van der Waals surface area (Å²) in [7, 11) is 0. The van der Waals surface area contributed by atoms with Crippen LogP contribution in [0.2, 0.25) is 0 Å². The van der Waals surface area contributed by atoms with Gasteiger partial charge in [0.05, 0.1) is 0 Å². The molecule has 0 spiro atoms. The molecule has 1 N–H and O–H groups in total. The van der Waals surface area contributed by atoms with Gasteiger partial charge in [-0.3, -0.25) is 0 Å². The normalized spacial score (nSPS) is 6.00. The molecule has 0 aliphatic heterocycles. The first-order chi connectivity index (χ1) is 3.33. The fraction of sp³-hybridized carbons (Fsp3) is 1.00. The van der Waals surface area contributed by atoms with Crippen molar-refractivity contribution in [2.45, 2.75) is 26.7 Å². The van der Waals surface area contributed by atoms with E-state index in [1.165, 1.54) is 18.2 Å². The molecule has 0 aliphatic rings. The summed E-state index contributed by atoms with van der Waals surface area (Å²) in [6.07, 6.45) is 2.64. The quantitative estimate of drug-likeness (QED) is 0.409. The third-order valence-electron chi connectivity index (χ3n) is 0.500. The van der Waals surface area contributed by atoms with Crippen LogP contribution in [0.25, 0.3) is 0 Å². The summed E-state index contributed by atoms with van der Waals surface area (Å²) in [6, 6.07) is 0. The third-order valence-corrected chi connectivity index (χ3v) is 0.500. The zero-order chi connectivity index (χ0) is 6.12. The van der Waals surface area contributed by atoms with Crippen LogP contribution in [0, 0.1) is 4.91 Å². The Kier molecular flexibility index (Phi) is 25.0. The van der Waals surface area contributed by atoms with Crippen LogP contribution < -0.4 is 0 Å². The van der Waals surface area contributed by atoms with Crippen molar-refractivity contribution in [2.24, 2.45) is 5.34 Å². The molecule has 0 fully saturated rings. The highest BCUT2D eigenvalue weighted by Crippen LogP contribution is 1.76. The van der Waals surface area contributed by atoms with Gasteiger partial charge in [0.25, 0.3) is 0 Å². The largest absolute Gasteiger partial charge is 0.379 e. The molecule has 0 aromatic carbocycles. The Hall–Kier alpha value is -0.600. The lowest BCUT2D eigenvalue weighted by Crippen LogP contribution is -1.47. The van der Waals surface area contributed by atoms with Crippen molar-refractivity contribution in [1.29, 1.82) is 0 Å². The number of hydrogen-bond donors (Lipinski definition) is 1. The van der Waals surface area contributed by atoms with Gasteiger partial charge >= 0.3 is 0 Å². The molecule has 0 heterocycles. The van der Waals surface area contributed by atoms with Crippen LogP contribution in [-0.2, 0) is 0 Å². The fourth-order valence-electron chi connectivity index (χ4n) is 0. The summed E-state index contributed by atoms with van der Waals surface area (Å²) in [4.78, 5) is 8.11. The number of nitrogens with zero attached hydrogens (tertiary/aromatic N) is 1. The zero-order valence-electron chi connectivity index (χ0n) is 4.72. The molecule has 3 heteroatoms. The second kappa shape index (κ2) is 18.2. The van der Waals surface area contributed by atoms with Crippen LogP contribution in [0.4, 0.5) is 0 Å². The van der Waals surface area contributed by atoms with E-state index in [0.717, 1.165) is 0 Å². The molecule has 0 saturated carbocycles. The first-order valence-corrected chi connectivity index (χ1v) is 2.30. The van der Waals surface area contributed by atoms with Crippen LogP contribution >= 0.6 is 0 Å². The van der Waals surface area contributed by atoms with Gasteiger partial charge < -0.3 is 5.21 Å². The molecule has 0 saturated heterocycles. The summed E-state index contributed by atoms with van der Waals surface area (Å²) in [5.41, 5.74) is 0. The van der Waals surface area contributed by atoms with Crippen LogP contribution in [0.5, 0.6) is 0 Å². The molecule has 44 valence electrons. The monoisotopic (exact) mass is 105 g/mol. The molecule has 0 unspecified atom stereocenters. The minimum atomic E-state index is 1.25. The Morgan fingerprint density at radius 1 is 1.43 bits per heavy atom. The van der Waals surface area contributed by atoms with Crippen molar-refractivity contribution < 1.29 is 5.21 Å². The Bertz CT molecular complexity index is 28.9. The van der Waals surface area contributed by atoms with E-state index in [-0.39, 0.29) is 0 Å². The third kappa shape index (κ3) is 390. The average Bonchev–Trinajstić information content (AvgIpc) is 1.69. The first-order valence-electron chi connectivity index (χ1n) is 2.30. The van der Waals surface area contributed by atoms with Gasteiger partial charge in [0, 0.05) is 0 Å². The topological polar surface area (TPSA) is 49.7 Å². The summed E-state index contributed by atoms with van der Waals surface area (Å²) in [5.74, 6) is 0. The fourth-order valence-corrected chi connectivity index (χ4v) is 0. The van der Waals surface area contributed by atoms with E-state index in [1.807, 2.05) is 0 Å². The lowest BCUT2D eigenvalue weighted by molar-refractivity contribution is 0.312. The van der Waals surface area contributed by atoms with E-state index in [2.05, 4.69) is 13.8 Å². The van der Waals surface area contributed by atoms with E-state index in [4.69, 9.17) is 10.1 Å². The van der Waals surface area contributed by atoms with E-state index in [0.29, 0.717) is 0 Å². The van der Waals surface area contributed by atoms with Gasteiger partial charge in [-0.1, -0.05) is 26.7 Å². The molecule has 3 nitrogen and oxygen atoms in total. The highest BCUT2D eigenvalue weighted by Gasteiger charge is 1.56. The van der Waals surface area contributed by atoms with Crippen LogP contribution in [0.1, 0.15) is 26.7 Å². The SMILES string of the molecule is CCCC.O=NO. The Balaban J connectivity index is 0. The van der Waals surface area contributed by atoms with Crippen molar-refractivity contribution >= 4 is 0 Å². The summed E-state index contributed by atoms with van der Waals surface area (Å²) in [6.45, 7) is 4.36. The van der Waals surface area contributed by atoms with E-state index >= 15 is 0 Å². The average molecular weight is 105 g/mol. The maximum Gasteiger partial charge on any atom is 0.152 e. The van der Waals surface area contributed by atoms with Gasteiger partial charge in [-0.05, 0) is 0 Å². The number of hydrogen-bond acceptors (Lipinski definition) is 2. The van der Waals surface area contributed by atoms with Crippen molar-refractivity contribution in [1.82, 2.24) is 0 Å². The molecular weight excluding hydrogens is 94.0 g/mol. The van der Waals surface area contributed by atoms with Crippen LogP contribution in [-0.4, -0.2) is 5.21 Å². The lowest BCUT2D eigenvalue weighted by atomic mass is 10.4. The van der Waals surface area contributed by atoms with Gasteiger partial charge in [0.15, 0.2) is 5.34 Å². The van der Waals surface area contributed by atoms with Crippen LogP contribution in [0.3, 0.4) is 0 Å². The molecule has 0 rings (SSSR count). The minimum absolute atomic E-state index is 1.25. The van der Waals surface area contributed by atoms with E-state index < -0.39 is 0 Å². The Morgan fingerprint density at radius 3 is 1.57 bits per heavy atom. The predicted octanol–water partition coefficient (Wildman–Crippen LogP) is 1.95. The van der Waals surface area contributed by atoms with E-state index in [1.54, 1.807) is 0 Å². The Morgan fingerprint density at radius 2 is 1.57 bits per heavy atom. The van der Waals surface area contributed by atoms with Crippen molar-refractivity contribution in [3.63, 3.8) is 0 Å².